The van der Waals surface area contributed by atoms with Gasteiger partial charge in [0.15, 0.2) is 0 Å². The van der Waals surface area contributed by atoms with E-state index in [1.807, 2.05) is 18.2 Å². The lowest BCUT2D eigenvalue weighted by molar-refractivity contribution is 0.247. The fourth-order valence-corrected chi connectivity index (χ4v) is 2.12. The highest BCUT2D eigenvalue weighted by atomic mass is 35.5. The van der Waals surface area contributed by atoms with E-state index in [-0.39, 0.29) is 0 Å². The molecule has 3 heteroatoms. The van der Waals surface area contributed by atoms with Gasteiger partial charge in [0, 0.05) is 29.1 Å². The summed E-state index contributed by atoms with van der Waals surface area (Å²) in [5.41, 5.74) is 1.18. The predicted molar refractivity (Wildman–Crippen MR) is 62.6 cm³/mol. The van der Waals surface area contributed by atoms with E-state index >= 15 is 0 Å². The van der Waals surface area contributed by atoms with Crippen LogP contribution in [0.5, 0.6) is 5.75 Å². The van der Waals surface area contributed by atoms with Gasteiger partial charge in [-0.25, -0.2) is 0 Å². The average molecular weight is 226 g/mol. The van der Waals surface area contributed by atoms with Crippen LogP contribution in [0.1, 0.15) is 31.9 Å². The molecule has 1 heterocycles. The van der Waals surface area contributed by atoms with E-state index < -0.39 is 0 Å². The number of ether oxygens (including phenoxy) is 1. The van der Waals surface area contributed by atoms with E-state index in [9.17, 15) is 0 Å². The van der Waals surface area contributed by atoms with Gasteiger partial charge in [0.25, 0.3) is 0 Å². The Bertz CT molecular complexity index is 351. The van der Waals surface area contributed by atoms with Gasteiger partial charge < -0.3 is 10.1 Å². The van der Waals surface area contributed by atoms with E-state index in [4.69, 9.17) is 16.3 Å². The molecule has 0 amide bonds. The topological polar surface area (TPSA) is 21.3 Å². The van der Waals surface area contributed by atoms with E-state index in [1.165, 1.54) is 5.56 Å². The molecule has 0 bridgehead atoms. The van der Waals surface area contributed by atoms with Crippen molar-refractivity contribution >= 4 is 11.6 Å². The minimum atomic E-state index is 0.368. The SMILES string of the molecule is CC(C)NC1CCOc2ccc(Cl)cc21. The van der Waals surface area contributed by atoms with Crippen LogP contribution < -0.4 is 10.1 Å². The summed E-state index contributed by atoms with van der Waals surface area (Å²) in [4.78, 5) is 0. The molecule has 0 fully saturated rings. The minimum absolute atomic E-state index is 0.368. The summed E-state index contributed by atoms with van der Waals surface area (Å²) in [7, 11) is 0. The van der Waals surface area contributed by atoms with Gasteiger partial charge in [0.05, 0.1) is 6.61 Å². The molecule has 1 aromatic rings. The summed E-state index contributed by atoms with van der Waals surface area (Å²) in [6.45, 7) is 5.08. The van der Waals surface area contributed by atoms with E-state index in [0.29, 0.717) is 12.1 Å². The van der Waals surface area contributed by atoms with Crippen LogP contribution in [0.3, 0.4) is 0 Å². The Balaban J connectivity index is 2.28. The van der Waals surface area contributed by atoms with Crippen LogP contribution in [-0.2, 0) is 0 Å². The quantitative estimate of drug-likeness (QED) is 0.835. The molecular weight excluding hydrogens is 210 g/mol. The predicted octanol–water partition coefficient (Wildman–Crippen LogP) is 3.16. The Morgan fingerprint density at radius 3 is 3.00 bits per heavy atom. The lowest BCUT2D eigenvalue weighted by atomic mass is 10.00. The van der Waals surface area contributed by atoms with Gasteiger partial charge in [-0.15, -0.1) is 0 Å². The summed E-state index contributed by atoms with van der Waals surface area (Å²) in [5, 5.41) is 4.30. The van der Waals surface area contributed by atoms with Crippen molar-refractivity contribution in [2.24, 2.45) is 0 Å². The monoisotopic (exact) mass is 225 g/mol. The number of benzene rings is 1. The second kappa shape index (κ2) is 4.42. The second-order valence-corrected chi connectivity index (χ2v) is 4.63. The minimum Gasteiger partial charge on any atom is -0.493 e. The van der Waals surface area contributed by atoms with Crippen molar-refractivity contribution in [2.75, 3.05) is 6.61 Å². The highest BCUT2D eigenvalue weighted by Crippen LogP contribution is 2.34. The maximum absolute atomic E-state index is 6.00. The Morgan fingerprint density at radius 2 is 2.27 bits per heavy atom. The number of hydrogen-bond donors (Lipinski definition) is 1. The summed E-state index contributed by atoms with van der Waals surface area (Å²) in [5.74, 6) is 0.962. The third-order valence-electron chi connectivity index (χ3n) is 2.55. The Labute approximate surface area is 95.6 Å². The first-order chi connectivity index (χ1) is 7.16. The lowest BCUT2D eigenvalue weighted by Crippen LogP contribution is -2.31. The van der Waals surface area contributed by atoms with Crippen LogP contribution in [0.2, 0.25) is 5.02 Å². The molecule has 2 rings (SSSR count). The van der Waals surface area contributed by atoms with E-state index in [0.717, 1.165) is 23.8 Å². The Hall–Kier alpha value is -0.730. The highest BCUT2D eigenvalue weighted by molar-refractivity contribution is 6.30. The van der Waals surface area contributed by atoms with Crippen LogP contribution in [0, 0.1) is 0 Å². The van der Waals surface area contributed by atoms with Gasteiger partial charge in [-0.3, -0.25) is 0 Å². The molecule has 1 unspecified atom stereocenters. The van der Waals surface area contributed by atoms with Crippen LogP contribution in [0.25, 0.3) is 0 Å². The van der Waals surface area contributed by atoms with Crippen LogP contribution in [-0.4, -0.2) is 12.6 Å². The summed E-state index contributed by atoms with van der Waals surface area (Å²) in [6, 6.07) is 6.66. The van der Waals surface area contributed by atoms with Crippen molar-refractivity contribution in [3.63, 3.8) is 0 Å². The third-order valence-corrected chi connectivity index (χ3v) is 2.78. The average Bonchev–Trinajstić information content (AvgIpc) is 2.18. The van der Waals surface area contributed by atoms with Crippen molar-refractivity contribution in [1.82, 2.24) is 5.32 Å². The highest BCUT2D eigenvalue weighted by Gasteiger charge is 2.21. The van der Waals surface area contributed by atoms with Gasteiger partial charge >= 0.3 is 0 Å². The van der Waals surface area contributed by atoms with Gasteiger partial charge in [-0.1, -0.05) is 25.4 Å². The van der Waals surface area contributed by atoms with E-state index in [1.54, 1.807) is 0 Å². The van der Waals surface area contributed by atoms with Crippen LogP contribution in [0.15, 0.2) is 18.2 Å². The number of fused-ring (bicyclic) bond motifs is 1. The molecule has 1 N–H and O–H groups in total. The first kappa shape index (κ1) is 10.8. The Kier molecular flexibility index (Phi) is 3.17. The maximum atomic E-state index is 6.00. The fourth-order valence-electron chi connectivity index (χ4n) is 1.94. The molecule has 0 aromatic heterocycles. The van der Waals surface area contributed by atoms with E-state index in [2.05, 4.69) is 19.2 Å². The number of hydrogen-bond acceptors (Lipinski definition) is 2. The first-order valence-corrected chi connectivity index (χ1v) is 5.73. The molecule has 0 saturated heterocycles. The molecule has 1 aliphatic heterocycles. The number of rotatable bonds is 2. The molecule has 2 nitrogen and oxygen atoms in total. The largest absolute Gasteiger partial charge is 0.493 e. The van der Waals surface area contributed by atoms with Gasteiger partial charge in [-0.2, -0.15) is 0 Å². The van der Waals surface area contributed by atoms with Crippen LogP contribution >= 0.6 is 11.6 Å². The zero-order valence-electron chi connectivity index (χ0n) is 9.09. The normalized spacial score (nSPS) is 19.9. The molecule has 0 spiro atoms. The maximum Gasteiger partial charge on any atom is 0.124 e. The van der Waals surface area contributed by atoms with Gasteiger partial charge in [-0.05, 0) is 18.2 Å². The first-order valence-electron chi connectivity index (χ1n) is 5.35. The molecule has 1 atom stereocenters. The Morgan fingerprint density at radius 1 is 1.47 bits per heavy atom. The lowest BCUT2D eigenvalue weighted by Gasteiger charge is -2.28. The molecule has 1 aliphatic rings. The standard InChI is InChI=1S/C12H16ClNO/c1-8(2)14-11-5-6-15-12-4-3-9(13)7-10(11)12/h3-4,7-8,11,14H,5-6H2,1-2H3. The molecular formula is C12H16ClNO. The molecule has 15 heavy (non-hydrogen) atoms. The smallest absolute Gasteiger partial charge is 0.124 e. The third kappa shape index (κ3) is 2.44. The molecule has 0 radical (unpaired) electrons. The molecule has 82 valence electrons. The van der Waals surface area contributed by atoms with Crippen molar-refractivity contribution in [3.8, 4) is 5.75 Å². The summed E-state index contributed by atoms with van der Waals surface area (Å²) in [6.07, 6.45) is 1.01. The van der Waals surface area contributed by atoms with Gasteiger partial charge in [0.1, 0.15) is 5.75 Å². The summed E-state index contributed by atoms with van der Waals surface area (Å²) >= 11 is 6.00. The zero-order chi connectivity index (χ0) is 10.8. The van der Waals surface area contributed by atoms with Gasteiger partial charge in [0.2, 0.25) is 0 Å². The van der Waals surface area contributed by atoms with Crippen molar-refractivity contribution in [3.05, 3.63) is 28.8 Å². The molecule has 1 aromatic carbocycles. The van der Waals surface area contributed by atoms with Crippen LogP contribution in [0.4, 0.5) is 0 Å². The number of halogens is 1. The summed E-state index contributed by atoms with van der Waals surface area (Å²) < 4.78 is 5.59. The number of nitrogens with one attached hydrogen (secondary N) is 1. The zero-order valence-corrected chi connectivity index (χ0v) is 9.84. The fraction of sp³-hybridized carbons (Fsp3) is 0.500. The van der Waals surface area contributed by atoms with Crippen molar-refractivity contribution < 1.29 is 4.74 Å². The molecule has 0 aliphatic carbocycles. The second-order valence-electron chi connectivity index (χ2n) is 4.19. The van der Waals surface area contributed by atoms with Crippen molar-refractivity contribution in [1.29, 1.82) is 0 Å². The molecule has 0 saturated carbocycles. The van der Waals surface area contributed by atoms with Crippen molar-refractivity contribution in [2.45, 2.75) is 32.4 Å².